The van der Waals surface area contributed by atoms with Gasteiger partial charge < -0.3 is 14.2 Å². The third kappa shape index (κ3) is 51.7. The van der Waals surface area contributed by atoms with E-state index in [4.69, 9.17) is 14.2 Å². The van der Waals surface area contributed by atoms with Crippen LogP contribution < -0.4 is 0 Å². The summed E-state index contributed by atoms with van der Waals surface area (Å²) in [5.41, 5.74) is 0. The van der Waals surface area contributed by atoms with Gasteiger partial charge in [0.05, 0.1) is 0 Å². The van der Waals surface area contributed by atoms with Crippen molar-refractivity contribution >= 4 is 17.9 Å². The van der Waals surface area contributed by atoms with Crippen LogP contribution in [0.25, 0.3) is 0 Å². The summed E-state index contributed by atoms with van der Waals surface area (Å²) in [6.45, 7) is 6.41. The second-order valence-corrected chi connectivity index (χ2v) is 18.1. The Hall–Kier alpha value is -3.15. The molecule has 0 heterocycles. The second kappa shape index (κ2) is 53.5. The number of ether oxygens (including phenoxy) is 3. The van der Waals surface area contributed by atoms with Crippen molar-refractivity contribution in [1.29, 1.82) is 0 Å². The van der Waals surface area contributed by atoms with E-state index >= 15 is 0 Å². The molecule has 1 unspecified atom stereocenters. The molecule has 0 aromatic heterocycles. The van der Waals surface area contributed by atoms with E-state index in [0.717, 1.165) is 116 Å². The van der Waals surface area contributed by atoms with Crippen LogP contribution in [0.3, 0.4) is 0 Å². The van der Waals surface area contributed by atoms with Crippen LogP contribution in [0, 0.1) is 0 Å². The third-order valence-electron chi connectivity index (χ3n) is 11.7. The van der Waals surface area contributed by atoms with Gasteiger partial charge in [0.25, 0.3) is 0 Å². The first-order valence-electron chi connectivity index (χ1n) is 27.4. The molecule has 0 amide bonds. The molecule has 0 aliphatic rings. The zero-order chi connectivity index (χ0) is 47.2. The van der Waals surface area contributed by atoms with Crippen molar-refractivity contribution in [2.45, 2.75) is 271 Å². The first-order chi connectivity index (χ1) is 32.0. The fraction of sp³-hybridized carbons (Fsp3) is 0.746. The Balaban J connectivity index is 4.41. The molecule has 0 rings (SSSR count). The minimum atomic E-state index is -0.786. The third-order valence-corrected chi connectivity index (χ3v) is 11.7. The van der Waals surface area contributed by atoms with Crippen molar-refractivity contribution in [2.24, 2.45) is 0 Å². The zero-order valence-corrected chi connectivity index (χ0v) is 42.7. The average molecular weight is 907 g/mol. The number of unbranched alkanes of at least 4 members (excludes halogenated alkanes) is 26. The summed E-state index contributed by atoms with van der Waals surface area (Å²) in [6.07, 6.45) is 67.4. The second-order valence-electron chi connectivity index (χ2n) is 18.1. The molecule has 0 aromatic rings. The SMILES string of the molecule is CC/C=C\C/C=C\C/C=C\CCCCCCCCC(=O)OCC(COC(=O)CCCCCCCCCCCCCCCCC)OC(=O)CCCCCCCC/C=C\C/C=C\C/C=C\CC. The van der Waals surface area contributed by atoms with Crippen molar-refractivity contribution in [3.8, 4) is 0 Å². The smallest absolute Gasteiger partial charge is 0.306 e. The molecule has 0 fully saturated rings. The topological polar surface area (TPSA) is 78.9 Å². The fourth-order valence-corrected chi connectivity index (χ4v) is 7.65. The molecule has 1 atom stereocenters. The van der Waals surface area contributed by atoms with E-state index in [2.05, 4.69) is 93.7 Å². The monoisotopic (exact) mass is 907 g/mol. The molecule has 0 aliphatic heterocycles. The number of allylic oxidation sites excluding steroid dienone is 12. The molecule has 0 spiro atoms. The van der Waals surface area contributed by atoms with Crippen molar-refractivity contribution in [2.75, 3.05) is 13.2 Å². The molecule has 0 aromatic carbocycles. The average Bonchev–Trinajstić information content (AvgIpc) is 3.30. The fourth-order valence-electron chi connectivity index (χ4n) is 7.65. The van der Waals surface area contributed by atoms with Crippen molar-refractivity contribution in [1.82, 2.24) is 0 Å². The van der Waals surface area contributed by atoms with Gasteiger partial charge in [0, 0.05) is 19.3 Å². The Morgan fingerprint density at radius 2 is 0.600 bits per heavy atom. The number of esters is 3. The van der Waals surface area contributed by atoms with Gasteiger partial charge in [-0.1, -0.05) is 235 Å². The molecule has 0 radical (unpaired) electrons. The highest BCUT2D eigenvalue weighted by Crippen LogP contribution is 2.16. The van der Waals surface area contributed by atoms with Crippen LogP contribution in [0.2, 0.25) is 0 Å². The molecule has 0 aliphatic carbocycles. The molecule has 6 heteroatoms. The van der Waals surface area contributed by atoms with Crippen LogP contribution in [-0.4, -0.2) is 37.2 Å². The maximum absolute atomic E-state index is 12.8. The van der Waals surface area contributed by atoms with Gasteiger partial charge >= 0.3 is 17.9 Å². The maximum atomic E-state index is 12.8. The van der Waals surface area contributed by atoms with E-state index in [0.29, 0.717) is 19.3 Å². The van der Waals surface area contributed by atoms with Gasteiger partial charge in [0.2, 0.25) is 0 Å². The summed E-state index contributed by atoms with van der Waals surface area (Å²) in [7, 11) is 0. The van der Waals surface area contributed by atoms with E-state index in [1.807, 2.05) is 0 Å². The minimum absolute atomic E-state index is 0.0832. The number of hydrogen-bond acceptors (Lipinski definition) is 6. The van der Waals surface area contributed by atoms with Crippen LogP contribution in [0.15, 0.2) is 72.9 Å². The normalized spacial score (nSPS) is 12.6. The van der Waals surface area contributed by atoms with E-state index in [9.17, 15) is 14.4 Å². The van der Waals surface area contributed by atoms with Crippen LogP contribution >= 0.6 is 0 Å². The Bertz CT molecular complexity index is 1230. The molecule has 0 bridgehead atoms. The predicted molar refractivity (Wildman–Crippen MR) is 279 cm³/mol. The van der Waals surface area contributed by atoms with Gasteiger partial charge in [-0.3, -0.25) is 14.4 Å². The molecule has 6 nitrogen and oxygen atoms in total. The maximum Gasteiger partial charge on any atom is 0.306 e. The summed E-state index contributed by atoms with van der Waals surface area (Å²) < 4.78 is 16.8. The van der Waals surface area contributed by atoms with Gasteiger partial charge in [-0.25, -0.2) is 0 Å². The van der Waals surface area contributed by atoms with E-state index in [-0.39, 0.29) is 31.1 Å². The van der Waals surface area contributed by atoms with Gasteiger partial charge in [0.1, 0.15) is 13.2 Å². The molecular weight excluding hydrogens is 805 g/mol. The number of carbonyl (C=O) groups is 3. The van der Waals surface area contributed by atoms with E-state index in [1.54, 1.807) is 0 Å². The lowest BCUT2D eigenvalue weighted by Crippen LogP contribution is -2.30. The highest BCUT2D eigenvalue weighted by Gasteiger charge is 2.19. The summed E-state index contributed by atoms with van der Waals surface area (Å²) >= 11 is 0. The lowest BCUT2D eigenvalue weighted by molar-refractivity contribution is -0.167. The predicted octanol–water partition coefficient (Wildman–Crippen LogP) is 18.2. The summed E-state index contributed by atoms with van der Waals surface area (Å²) in [6, 6.07) is 0. The van der Waals surface area contributed by atoms with Gasteiger partial charge in [0.15, 0.2) is 6.10 Å². The molecule has 0 saturated heterocycles. The minimum Gasteiger partial charge on any atom is -0.462 e. The van der Waals surface area contributed by atoms with E-state index in [1.165, 1.54) is 109 Å². The standard InChI is InChI=1S/C59H102O6/c1-4-7-10-13-16-19-22-25-28-31-34-37-40-43-46-49-52-58(61)64-55-56(54-63-57(60)51-48-45-42-39-36-33-30-27-24-21-18-15-12-9-6-3)65-59(62)53-50-47-44-41-38-35-32-29-26-23-20-17-14-11-8-5-2/h7-8,10-11,16-17,19-20,25-26,28-29,56H,4-6,9,12-15,18,21-24,27,30-55H2,1-3H3/b10-7-,11-8-,19-16-,20-17-,28-25-,29-26-. The molecule has 0 N–H and O–H groups in total. The first-order valence-corrected chi connectivity index (χ1v) is 27.4. The number of hydrogen-bond donors (Lipinski definition) is 0. The lowest BCUT2D eigenvalue weighted by Gasteiger charge is -2.18. The van der Waals surface area contributed by atoms with Crippen molar-refractivity contribution in [3.63, 3.8) is 0 Å². The largest absolute Gasteiger partial charge is 0.462 e. The quantitative estimate of drug-likeness (QED) is 0.0262. The van der Waals surface area contributed by atoms with Crippen molar-refractivity contribution in [3.05, 3.63) is 72.9 Å². The summed E-state index contributed by atoms with van der Waals surface area (Å²) in [5, 5.41) is 0. The Morgan fingerprint density at radius 3 is 0.938 bits per heavy atom. The Labute approximate surface area is 402 Å². The molecule has 0 saturated carbocycles. The first kappa shape index (κ1) is 61.9. The van der Waals surface area contributed by atoms with Gasteiger partial charge in [-0.15, -0.1) is 0 Å². The Kier molecular flexibility index (Phi) is 50.9. The van der Waals surface area contributed by atoms with Crippen LogP contribution in [0.1, 0.15) is 265 Å². The highest BCUT2D eigenvalue weighted by atomic mass is 16.6. The van der Waals surface area contributed by atoms with E-state index < -0.39 is 6.10 Å². The summed E-state index contributed by atoms with van der Waals surface area (Å²) in [5.74, 6) is -0.902. The Morgan fingerprint density at radius 1 is 0.323 bits per heavy atom. The van der Waals surface area contributed by atoms with Crippen molar-refractivity contribution < 1.29 is 28.6 Å². The molecule has 65 heavy (non-hydrogen) atoms. The number of rotatable bonds is 49. The van der Waals surface area contributed by atoms with Gasteiger partial charge in [-0.2, -0.15) is 0 Å². The molecule has 374 valence electrons. The number of carbonyl (C=O) groups excluding carboxylic acids is 3. The van der Waals surface area contributed by atoms with Gasteiger partial charge in [-0.05, 0) is 83.5 Å². The highest BCUT2D eigenvalue weighted by molar-refractivity contribution is 5.71. The van der Waals surface area contributed by atoms with Crippen LogP contribution in [0.5, 0.6) is 0 Å². The lowest BCUT2D eigenvalue weighted by atomic mass is 10.0. The van der Waals surface area contributed by atoms with Crippen LogP contribution in [-0.2, 0) is 28.6 Å². The zero-order valence-electron chi connectivity index (χ0n) is 42.7. The molecular formula is C59H102O6. The van der Waals surface area contributed by atoms with Crippen LogP contribution in [0.4, 0.5) is 0 Å². The summed E-state index contributed by atoms with van der Waals surface area (Å²) in [4.78, 5) is 38.1.